The number of esters is 1. The van der Waals surface area contributed by atoms with Gasteiger partial charge in [-0.25, -0.2) is 4.79 Å². The number of benzene rings is 1. The maximum absolute atomic E-state index is 12.7. The molecular weight excluding hydrogens is 452 g/mol. The molecule has 3 fully saturated rings. The Kier molecular flexibility index (Phi) is 7.51. The first-order valence-corrected chi connectivity index (χ1v) is 15.3. The number of ether oxygens (including phenoxy) is 1. The number of allylic oxidation sites excluding steroid dienone is 4. The quantitative estimate of drug-likeness (QED) is 0.286. The van der Waals surface area contributed by atoms with E-state index in [1.54, 1.807) is 0 Å². The van der Waals surface area contributed by atoms with E-state index in [0.717, 1.165) is 30.6 Å². The summed E-state index contributed by atoms with van der Waals surface area (Å²) in [6.45, 7) is 14.7. The van der Waals surface area contributed by atoms with E-state index in [0.29, 0.717) is 40.1 Å². The van der Waals surface area contributed by atoms with Gasteiger partial charge in [0.25, 0.3) is 0 Å². The number of fused-ring (bicyclic) bond motifs is 5. The van der Waals surface area contributed by atoms with Crippen LogP contribution in [0.1, 0.15) is 103 Å². The maximum Gasteiger partial charge on any atom is 0.338 e. The summed E-state index contributed by atoms with van der Waals surface area (Å²) < 4.78 is 6.02. The summed E-state index contributed by atoms with van der Waals surface area (Å²) in [4.78, 5) is 12.7. The summed E-state index contributed by atoms with van der Waals surface area (Å²) in [5.74, 6) is 4.79. The minimum absolute atomic E-state index is 0.0614. The van der Waals surface area contributed by atoms with E-state index >= 15 is 0 Å². The third kappa shape index (κ3) is 4.87. The van der Waals surface area contributed by atoms with Crippen LogP contribution in [-0.2, 0) is 4.74 Å². The van der Waals surface area contributed by atoms with Crippen LogP contribution in [0.2, 0.25) is 0 Å². The fourth-order valence-electron chi connectivity index (χ4n) is 8.99. The molecule has 0 saturated heterocycles. The zero-order chi connectivity index (χ0) is 26.4. The molecule has 0 aliphatic heterocycles. The second-order valence-electron chi connectivity index (χ2n) is 14.0. The smallest absolute Gasteiger partial charge is 0.338 e. The Morgan fingerprint density at radius 1 is 0.919 bits per heavy atom. The highest BCUT2D eigenvalue weighted by Gasteiger charge is 2.58. The fraction of sp³-hybridized carbons (Fsp3) is 0.686. The number of hydrogen-bond donors (Lipinski definition) is 0. The van der Waals surface area contributed by atoms with Crippen molar-refractivity contribution in [2.24, 2.45) is 52.3 Å². The zero-order valence-corrected chi connectivity index (χ0v) is 24.2. The van der Waals surface area contributed by atoms with E-state index in [4.69, 9.17) is 4.74 Å². The normalized spacial score (nSPS) is 38.9. The van der Waals surface area contributed by atoms with Gasteiger partial charge < -0.3 is 4.74 Å². The zero-order valence-electron chi connectivity index (χ0n) is 24.2. The second-order valence-corrected chi connectivity index (χ2v) is 14.0. The van der Waals surface area contributed by atoms with Crippen LogP contribution in [0.5, 0.6) is 0 Å². The minimum atomic E-state index is -0.155. The van der Waals surface area contributed by atoms with Gasteiger partial charge in [0.2, 0.25) is 0 Å². The van der Waals surface area contributed by atoms with Gasteiger partial charge in [0.05, 0.1) is 5.56 Å². The highest BCUT2D eigenvalue weighted by molar-refractivity contribution is 5.89. The number of hydrogen-bond acceptors (Lipinski definition) is 2. The van der Waals surface area contributed by atoms with Crippen molar-refractivity contribution in [1.29, 1.82) is 0 Å². The van der Waals surface area contributed by atoms with Crippen molar-refractivity contribution in [3.05, 3.63) is 59.7 Å². The van der Waals surface area contributed by atoms with Gasteiger partial charge in [0, 0.05) is 0 Å². The fourth-order valence-corrected chi connectivity index (χ4v) is 8.99. The molecule has 0 aromatic heterocycles. The standard InChI is InChI=1S/C35H50O2/c1-23(2)24(3)12-13-25(4)30-16-17-31-29-15-14-27-22-28(37-33(36)26-10-8-7-9-11-26)18-20-34(27,5)32(29)19-21-35(30,31)6/h7-13,15,23-25,27-28,30-32H,14,16-22H2,1-6H3/b13-12+/t24-,25+,27-,28+,30-,31+,32-,34-,35-/m0/s1. The lowest BCUT2D eigenvalue weighted by molar-refractivity contribution is -0.0515. The molecule has 1 aromatic rings. The Bertz CT molecular complexity index is 1020. The largest absolute Gasteiger partial charge is 0.459 e. The van der Waals surface area contributed by atoms with Crippen LogP contribution in [0.25, 0.3) is 0 Å². The summed E-state index contributed by atoms with van der Waals surface area (Å²) in [6, 6.07) is 9.49. The predicted molar refractivity (Wildman–Crippen MR) is 153 cm³/mol. The number of rotatable bonds is 6. The molecule has 0 radical (unpaired) electrons. The third-order valence-electron chi connectivity index (χ3n) is 11.8. The van der Waals surface area contributed by atoms with Gasteiger partial charge in [0.15, 0.2) is 0 Å². The molecule has 0 heterocycles. The monoisotopic (exact) mass is 502 g/mol. The number of carbonyl (C=O) groups excluding carboxylic acids is 1. The van der Waals surface area contributed by atoms with Crippen LogP contribution in [0, 0.1) is 52.3 Å². The average molecular weight is 503 g/mol. The van der Waals surface area contributed by atoms with Crippen molar-refractivity contribution in [3.8, 4) is 0 Å². The number of carbonyl (C=O) groups is 1. The van der Waals surface area contributed by atoms with Crippen LogP contribution in [-0.4, -0.2) is 12.1 Å². The molecule has 1 aromatic carbocycles. The molecule has 0 unspecified atom stereocenters. The molecule has 0 spiro atoms. The first-order chi connectivity index (χ1) is 17.6. The average Bonchev–Trinajstić information content (AvgIpc) is 3.25. The highest BCUT2D eigenvalue weighted by Crippen LogP contribution is 2.66. The van der Waals surface area contributed by atoms with Gasteiger partial charge in [-0.1, -0.05) is 83.5 Å². The van der Waals surface area contributed by atoms with Crippen molar-refractivity contribution in [3.63, 3.8) is 0 Å². The molecule has 202 valence electrons. The van der Waals surface area contributed by atoms with Crippen LogP contribution < -0.4 is 0 Å². The van der Waals surface area contributed by atoms with Crippen LogP contribution in [0.4, 0.5) is 0 Å². The van der Waals surface area contributed by atoms with Crippen LogP contribution in [0.15, 0.2) is 54.1 Å². The molecule has 5 rings (SSSR count). The van der Waals surface area contributed by atoms with Gasteiger partial charge in [-0.2, -0.15) is 0 Å². The molecule has 9 atom stereocenters. The Morgan fingerprint density at radius 2 is 1.62 bits per heavy atom. The molecule has 37 heavy (non-hydrogen) atoms. The molecule has 4 aliphatic rings. The molecular formula is C35H50O2. The molecule has 4 aliphatic carbocycles. The Balaban J connectivity index is 1.28. The van der Waals surface area contributed by atoms with Gasteiger partial charge in [0.1, 0.15) is 6.10 Å². The summed E-state index contributed by atoms with van der Waals surface area (Å²) in [5, 5.41) is 0. The van der Waals surface area contributed by atoms with Gasteiger partial charge in [-0.05, 0) is 116 Å². The minimum Gasteiger partial charge on any atom is -0.459 e. The lowest BCUT2D eigenvalue weighted by atomic mass is 9.47. The summed E-state index contributed by atoms with van der Waals surface area (Å²) in [7, 11) is 0. The predicted octanol–water partition coefficient (Wildman–Crippen LogP) is 9.28. The first-order valence-electron chi connectivity index (χ1n) is 15.3. The molecule has 0 amide bonds. The van der Waals surface area contributed by atoms with E-state index < -0.39 is 0 Å². The van der Waals surface area contributed by atoms with Crippen molar-refractivity contribution < 1.29 is 9.53 Å². The highest BCUT2D eigenvalue weighted by atomic mass is 16.5. The first kappa shape index (κ1) is 26.8. The van der Waals surface area contributed by atoms with Crippen molar-refractivity contribution in [2.45, 2.75) is 99.0 Å². The SMILES string of the molecule is CC(C)[C@@H](C)/C=C/[C@@H](C)[C@@H]1CC[C@@H]2C3=CC[C@H]4C[C@H](OC(=O)c5ccccc5)CC[C@]4(C)[C@H]3CC[C@]21C. The van der Waals surface area contributed by atoms with Crippen molar-refractivity contribution in [1.82, 2.24) is 0 Å². The second kappa shape index (κ2) is 10.4. The lowest BCUT2D eigenvalue weighted by Crippen LogP contribution is -2.50. The van der Waals surface area contributed by atoms with E-state index in [1.165, 1.54) is 38.5 Å². The van der Waals surface area contributed by atoms with E-state index in [9.17, 15) is 4.79 Å². The topological polar surface area (TPSA) is 26.3 Å². The van der Waals surface area contributed by atoms with E-state index in [-0.39, 0.29) is 12.1 Å². The van der Waals surface area contributed by atoms with Gasteiger partial charge in [-0.15, -0.1) is 0 Å². The molecule has 0 N–H and O–H groups in total. The summed E-state index contributed by atoms with van der Waals surface area (Å²) in [5.41, 5.74) is 3.30. The van der Waals surface area contributed by atoms with Crippen LogP contribution in [0.3, 0.4) is 0 Å². The van der Waals surface area contributed by atoms with E-state index in [2.05, 4.69) is 59.8 Å². The maximum atomic E-state index is 12.7. The molecule has 3 saturated carbocycles. The molecule has 2 nitrogen and oxygen atoms in total. The Labute approximate surface area is 226 Å². The summed E-state index contributed by atoms with van der Waals surface area (Å²) >= 11 is 0. The molecule has 0 bridgehead atoms. The lowest BCUT2D eigenvalue weighted by Gasteiger charge is -2.58. The van der Waals surface area contributed by atoms with E-state index in [1.807, 2.05) is 35.9 Å². The Hall–Kier alpha value is -1.83. The summed E-state index contributed by atoms with van der Waals surface area (Å²) in [6.07, 6.45) is 17.6. The molecule has 2 heteroatoms. The third-order valence-corrected chi connectivity index (χ3v) is 11.8. The Morgan fingerprint density at radius 3 is 2.35 bits per heavy atom. The van der Waals surface area contributed by atoms with Crippen LogP contribution >= 0.6 is 0 Å². The van der Waals surface area contributed by atoms with Gasteiger partial charge >= 0.3 is 5.97 Å². The van der Waals surface area contributed by atoms with Gasteiger partial charge in [-0.3, -0.25) is 0 Å². The van der Waals surface area contributed by atoms with Crippen molar-refractivity contribution in [2.75, 3.05) is 0 Å². The van der Waals surface area contributed by atoms with Crippen molar-refractivity contribution >= 4 is 5.97 Å².